The molecule has 0 saturated heterocycles. The lowest BCUT2D eigenvalue weighted by atomic mass is 10.2. The molecule has 1 atom stereocenters. The molecule has 4 nitrogen and oxygen atoms in total. The largest absolute Gasteiger partial charge is 0.365 e. The summed E-state index contributed by atoms with van der Waals surface area (Å²) in [5, 5.41) is 15.6. The average Bonchev–Trinajstić information content (AvgIpc) is 2.36. The Morgan fingerprint density at radius 2 is 2.58 bits per heavy atom. The molecule has 1 N–H and O–H groups in total. The highest BCUT2D eigenvalue weighted by Gasteiger charge is 2.01. The number of aromatic nitrogens is 2. The number of hydrogen-bond donors (Lipinski definition) is 1. The summed E-state index contributed by atoms with van der Waals surface area (Å²) in [6, 6.07) is 4.14. The summed E-state index contributed by atoms with van der Waals surface area (Å²) in [4.78, 5) is 0. The normalized spacial score (nSPS) is 12.1. The summed E-state index contributed by atoms with van der Waals surface area (Å²) in [6.45, 7) is 1.96. The maximum absolute atomic E-state index is 8.40. The SMILES string of the molecule is CC(CC#N)Nc1ccn(C)n1. The Bertz CT molecular complexity index is 283. The Balaban J connectivity index is 2.47. The topological polar surface area (TPSA) is 53.6 Å². The van der Waals surface area contributed by atoms with Crippen molar-refractivity contribution in [3.05, 3.63) is 12.3 Å². The van der Waals surface area contributed by atoms with E-state index in [1.54, 1.807) is 4.68 Å². The van der Waals surface area contributed by atoms with Crippen LogP contribution >= 0.6 is 0 Å². The van der Waals surface area contributed by atoms with E-state index in [1.807, 2.05) is 26.2 Å². The van der Waals surface area contributed by atoms with Crippen molar-refractivity contribution in [3.63, 3.8) is 0 Å². The molecule has 0 spiro atoms. The van der Waals surface area contributed by atoms with Gasteiger partial charge in [-0.25, -0.2) is 0 Å². The van der Waals surface area contributed by atoms with Gasteiger partial charge in [-0.2, -0.15) is 10.4 Å². The highest BCUT2D eigenvalue weighted by molar-refractivity contribution is 5.33. The quantitative estimate of drug-likeness (QED) is 0.728. The van der Waals surface area contributed by atoms with E-state index in [0.717, 1.165) is 5.82 Å². The molecule has 0 aliphatic carbocycles. The van der Waals surface area contributed by atoms with Crippen LogP contribution in [-0.4, -0.2) is 15.8 Å². The van der Waals surface area contributed by atoms with Gasteiger partial charge in [0, 0.05) is 25.4 Å². The lowest BCUT2D eigenvalue weighted by molar-refractivity contribution is 0.753. The van der Waals surface area contributed by atoms with E-state index in [1.165, 1.54) is 0 Å². The molecule has 0 radical (unpaired) electrons. The van der Waals surface area contributed by atoms with Crippen molar-refractivity contribution in [2.45, 2.75) is 19.4 Å². The van der Waals surface area contributed by atoms with Crippen molar-refractivity contribution in [2.24, 2.45) is 7.05 Å². The standard InChI is InChI=1S/C8H12N4/c1-7(3-5-9)10-8-4-6-12(2)11-8/h4,6-7H,3H2,1-2H3,(H,10,11). The van der Waals surface area contributed by atoms with Crippen LogP contribution in [0.4, 0.5) is 5.82 Å². The van der Waals surface area contributed by atoms with Gasteiger partial charge in [0.05, 0.1) is 12.5 Å². The lowest BCUT2D eigenvalue weighted by Crippen LogP contribution is -2.14. The molecule has 1 unspecified atom stereocenters. The van der Waals surface area contributed by atoms with Gasteiger partial charge in [0.1, 0.15) is 5.82 Å². The first-order chi connectivity index (χ1) is 5.72. The summed E-state index contributed by atoms with van der Waals surface area (Å²) >= 11 is 0. The van der Waals surface area contributed by atoms with Crippen molar-refractivity contribution in [1.82, 2.24) is 9.78 Å². The van der Waals surface area contributed by atoms with Gasteiger partial charge in [-0.1, -0.05) is 0 Å². The summed E-state index contributed by atoms with van der Waals surface area (Å²) < 4.78 is 1.72. The summed E-state index contributed by atoms with van der Waals surface area (Å²) in [6.07, 6.45) is 2.36. The number of rotatable bonds is 3. The maximum atomic E-state index is 8.40. The second-order valence-electron chi connectivity index (χ2n) is 2.78. The number of hydrogen-bond acceptors (Lipinski definition) is 3. The predicted octanol–water partition coefficient (Wildman–Crippen LogP) is 1.13. The Labute approximate surface area is 71.8 Å². The zero-order valence-electron chi connectivity index (χ0n) is 7.28. The van der Waals surface area contributed by atoms with Crippen molar-refractivity contribution >= 4 is 5.82 Å². The van der Waals surface area contributed by atoms with E-state index in [2.05, 4.69) is 16.5 Å². The van der Waals surface area contributed by atoms with Crippen LogP contribution in [0.1, 0.15) is 13.3 Å². The predicted molar refractivity (Wildman–Crippen MR) is 46.5 cm³/mol. The fourth-order valence-electron chi connectivity index (χ4n) is 0.932. The minimum absolute atomic E-state index is 0.157. The Morgan fingerprint density at radius 1 is 1.83 bits per heavy atom. The van der Waals surface area contributed by atoms with Gasteiger partial charge in [0.25, 0.3) is 0 Å². The van der Waals surface area contributed by atoms with Crippen molar-refractivity contribution in [2.75, 3.05) is 5.32 Å². The molecular formula is C8H12N4. The average molecular weight is 164 g/mol. The Morgan fingerprint density at radius 3 is 3.08 bits per heavy atom. The number of anilines is 1. The number of nitrogens with one attached hydrogen (secondary N) is 1. The first-order valence-electron chi connectivity index (χ1n) is 3.85. The Hall–Kier alpha value is -1.50. The molecule has 0 fully saturated rings. The smallest absolute Gasteiger partial charge is 0.148 e. The van der Waals surface area contributed by atoms with Crippen LogP contribution in [0.5, 0.6) is 0 Å². The zero-order chi connectivity index (χ0) is 8.97. The monoisotopic (exact) mass is 164 g/mol. The molecule has 0 aromatic carbocycles. The van der Waals surface area contributed by atoms with Crippen LogP contribution < -0.4 is 5.32 Å². The number of nitrogens with zero attached hydrogens (tertiary/aromatic N) is 3. The highest BCUT2D eigenvalue weighted by atomic mass is 15.3. The van der Waals surface area contributed by atoms with E-state index in [4.69, 9.17) is 5.26 Å². The van der Waals surface area contributed by atoms with Crippen LogP contribution in [0.25, 0.3) is 0 Å². The fraction of sp³-hybridized carbons (Fsp3) is 0.500. The van der Waals surface area contributed by atoms with Crippen LogP contribution in [0.2, 0.25) is 0 Å². The molecule has 1 aromatic heterocycles. The van der Waals surface area contributed by atoms with Gasteiger partial charge in [0.2, 0.25) is 0 Å². The number of aryl methyl sites for hydroxylation is 1. The summed E-state index contributed by atoms with van der Waals surface area (Å²) in [5.41, 5.74) is 0. The molecule has 12 heavy (non-hydrogen) atoms. The van der Waals surface area contributed by atoms with Gasteiger partial charge >= 0.3 is 0 Å². The molecule has 64 valence electrons. The fourth-order valence-corrected chi connectivity index (χ4v) is 0.932. The molecule has 0 aliphatic rings. The van der Waals surface area contributed by atoms with Crippen LogP contribution in [-0.2, 0) is 7.05 Å². The van der Waals surface area contributed by atoms with Crippen LogP contribution in [0, 0.1) is 11.3 Å². The molecule has 0 amide bonds. The third-order valence-electron chi connectivity index (χ3n) is 1.51. The van der Waals surface area contributed by atoms with E-state index < -0.39 is 0 Å². The molecule has 1 rings (SSSR count). The van der Waals surface area contributed by atoms with Crippen molar-refractivity contribution in [1.29, 1.82) is 5.26 Å². The van der Waals surface area contributed by atoms with Gasteiger partial charge in [-0.05, 0) is 6.92 Å². The van der Waals surface area contributed by atoms with Gasteiger partial charge < -0.3 is 5.32 Å². The summed E-state index contributed by atoms with van der Waals surface area (Å²) in [5.74, 6) is 0.820. The minimum Gasteiger partial charge on any atom is -0.365 e. The molecular weight excluding hydrogens is 152 g/mol. The second kappa shape index (κ2) is 3.77. The number of nitriles is 1. The summed E-state index contributed by atoms with van der Waals surface area (Å²) in [7, 11) is 1.86. The minimum atomic E-state index is 0.157. The molecule has 0 bridgehead atoms. The molecule has 0 saturated carbocycles. The van der Waals surface area contributed by atoms with E-state index >= 15 is 0 Å². The van der Waals surface area contributed by atoms with Crippen molar-refractivity contribution in [3.8, 4) is 6.07 Å². The third-order valence-corrected chi connectivity index (χ3v) is 1.51. The van der Waals surface area contributed by atoms with Crippen LogP contribution in [0.3, 0.4) is 0 Å². The molecule has 0 aliphatic heterocycles. The van der Waals surface area contributed by atoms with Gasteiger partial charge in [-0.15, -0.1) is 0 Å². The molecule has 1 heterocycles. The Kier molecular flexibility index (Phi) is 2.70. The van der Waals surface area contributed by atoms with Crippen LogP contribution in [0.15, 0.2) is 12.3 Å². The van der Waals surface area contributed by atoms with E-state index in [0.29, 0.717) is 6.42 Å². The third kappa shape index (κ3) is 2.27. The molecule has 4 heteroatoms. The zero-order valence-corrected chi connectivity index (χ0v) is 7.28. The van der Waals surface area contributed by atoms with Crippen molar-refractivity contribution < 1.29 is 0 Å². The highest BCUT2D eigenvalue weighted by Crippen LogP contribution is 2.04. The van der Waals surface area contributed by atoms with E-state index in [9.17, 15) is 0 Å². The first-order valence-corrected chi connectivity index (χ1v) is 3.85. The van der Waals surface area contributed by atoms with Gasteiger partial charge in [-0.3, -0.25) is 4.68 Å². The van der Waals surface area contributed by atoms with E-state index in [-0.39, 0.29) is 6.04 Å². The molecule has 1 aromatic rings. The van der Waals surface area contributed by atoms with Gasteiger partial charge in [0.15, 0.2) is 0 Å². The maximum Gasteiger partial charge on any atom is 0.148 e. The lowest BCUT2D eigenvalue weighted by Gasteiger charge is -2.07. The second-order valence-corrected chi connectivity index (χ2v) is 2.78. The first kappa shape index (κ1) is 8.60.